The maximum absolute atomic E-state index is 12.4. The van der Waals surface area contributed by atoms with Gasteiger partial charge in [-0.25, -0.2) is 4.98 Å². The minimum Gasteiger partial charge on any atom is -0.321 e. The van der Waals surface area contributed by atoms with E-state index < -0.39 is 5.91 Å². The van der Waals surface area contributed by atoms with Crippen LogP contribution in [0.3, 0.4) is 0 Å². The van der Waals surface area contributed by atoms with Crippen molar-refractivity contribution in [1.29, 1.82) is 5.26 Å². The van der Waals surface area contributed by atoms with Gasteiger partial charge in [-0.05, 0) is 36.8 Å². The topological polar surface area (TPSA) is 65.8 Å². The highest BCUT2D eigenvalue weighted by atomic mass is 35.5. The number of nitriles is 1. The first-order chi connectivity index (χ1) is 12.6. The molecule has 1 amide bonds. The first-order valence-electron chi connectivity index (χ1n) is 7.77. The fourth-order valence-corrected chi connectivity index (χ4v) is 3.19. The molecule has 3 rings (SSSR count). The Hall–Kier alpha value is -2.94. The van der Waals surface area contributed by atoms with E-state index in [9.17, 15) is 10.1 Å². The molecule has 1 aromatic heterocycles. The largest absolute Gasteiger partial charge is 0.321 e. The third-order valence-corrected chi connectivity index (χ3v) is 4.83. The third kappa shape index (κ3) is 4.17. The molecule has 128 valence electrons. The van der Waals surface area contributed by atoms with Gasteiger partial charge in [-0.2, -0.15) is 5.26 Å². The lowest BCUT2D eigenvalue weighted by molar-refractivity contribution is -0.112. The molecule has 4 nitrogen and oxygen atoms in total. The molecule has 2 aromatic carbocycles. The van der Waals surface area contributed by atoms with Crippen LogP contribution in [0.15, 0.2) is 59.5 Å². The van der Waals surface area contributed by atoms with Gasteiger partial charge in [0.25, 0.3) is 5.91 Å². The molecule has 0 radical (unpaired) electrons. The monoisotopic (exact) mass is 379 g/mol. The second kappa shape index (κ2) is 7.96. The summed E-state index contributed by atoms with van der Waals surface area (Å²) in [6, 6.07) is 16.7. The summed E-state index contributed by atoms with van der Waals surface area (Å²) < 4.78 is 0. The SMILES string of the molecule is Cc1ccccc1NC(=O)/C(C#N)=C/c1csc(-c2ccc(Cl)cc2)n1. The molecule has 0 spiro atoms. The summed E-state index contributed by atoms with van der Waals surface area (Å²) in [4.78, 5) is 16.8. The molecule has 0 saturated carbocycles. The summed E-state index contributed by atoms with van der Waals surface area (Å²) in [5, 5.41) is 15.4. The first-order valence-corrected chi connectivity index (χ1v) is 9.03. The van der Waals surface area contributed by atoms with Crippen LogP contribution in [0.1, 0.15) is 11.3 Å². The number of thiazole rings is 1. The van der Waals surface area contributed by atoms with Gasteiger partial charge in [0.2, 0.25) is 0 Å². The number of halogens is 1. The Bertz CT molecular complexity index is 1020. The van der Waals surface area contributed by atoms with Gasteiger partial charge in [-0.15, -0.1) is 11.3 Å². The van der Waals surface area contributed by atoms with E-state index in [4.69, 9.17) is 11.6 Å². The Morgan fingerprint density at radius 1 is 1.23 bits per heavy atom. The zero-order valence-electron chi connectivity index (χ0n) is 13.9. The normalized spacial score (nSPS) is 11.0. The molecule has 3 aromatic rings. The van der Waals surface area contributed by atoms with E-state index in [2.05, 4.69) is 10.3 Å². The Balaban J connectivity index is 1.81. The van der Waals surface area contributed by atoms with Crippen molar-refractivity contribution in [2.45, 2.75) is 6.92 Å². The Kier molecular flexibility index (Phi) is 5.47. The number of hydrogen-bond acceptors (Lipinski definition) is 4. The average molecular weight is 380 g/mol. The highest BCUT2D eigenvalue weighted by Gasteiger charge is 2.12. The van der Waals surface area contributed by atoms with E-state index in [1.807, 2.05) is 48.7 Å². The van der Waals surface area contributed by atoms with Gasteiger partial charge in [0.15, 0.2) is 0 Å². The highest BCUT2D eigenvalue weighted by molar-refractivity contribution is 7.13. The van der Waals surface area contributed by atoms with Crippen LogP contribution in [0, 0.1) is 18.3 Å². The number of nitrogens with zero attached hydrogens (tertiary/aromatic N) is 2. The molecule has 0 saturated heterocycles. The van der Waals surface area contributed by atoms with E-state index in [0.29, 0.717) is 16.4 Å². The lowest BCUT2D eigenvalue weighted by Gasteiger charge is -2.06. The van der Waals surface area contributed by atoms with Crippen molar-refractivity contribution < 1.29 is 4.79 Å². The fourth-order valence-electron chi connectivity index (χ4n) is 2.28. The standard InChI is InChI=1S/C20H14ClN3OS/c1-13-4-2-3-5-18(13)24-19(25)15(11-22)10-17-12-26-20(23-17)14-6-8-16(21)9-7-14/h2-10,12H,1H3,(H,24,25)/b15-10+. The number of aryl methyl sites for hydroxylation is 1. The van der Waals surface area contributed by atoms with Crippen LogP contribution in [-0.2, 0) is 4.79 Å². The molecule has 26 heavy (non-hydrogen) atoms. The second-order valence-corrected chi connectivity index (χ2v) is 6.82. The number of amides is 1. The lowest BCUT2D eigenvalue weighted by Crippen LogP contribution is -2.14. The predicted octanol–water partition coefficient (Wildman–Crippen LogP) is 5.32. The maximum Gasteiger partial charge on any atom is 0.266 e. The van der Waals surface area contributed by atoms with Crippen molar-refractivity contribution in [2.75, 3.05) is 5.32 Å². The Morgan fingerprint density at radius 2 is 1.96 bits per heavy atom. The molecule has 0 aliphatic rings. The van der Waals surface area contributed by atoms with E-state index in [1.165, 1.54) is 17.4 Å². The minimum atomic E-state index is -0.456. The van der Waals surface area contributed by atoms with E-state index in [-0.39, 0.29) is 5.57 Å². The molecule has 0 aliphatic heterocycles. The number of para-hydroxylation sites is 1. The molecule has 1 N–H and O–H groups in total. The van der Waals surface area contributed by atoms with Gasteiger partial charge in [0.05, 0.1) is 5.69 Å². The molecule has 0 aliphatic carbocycles. The Labute approximate surface area is 160 Å². The number of anilines is 1. The van der Waals surface area contributed by atoms with Crippen LogP contribution in [0.2, 0.25) is 5.02 Å². The molecule has 1 heterocycles. The Morgan fingerprint density at radius 3 is 2.65 bits per heavy atom. The smallest absolute Gasteiger partial charge is 0.266 e. The lowest BCUT2D eigenvalue weighted by atomic mass is 10.1. The number of nitrogens with one attached hydrogen (secondary N) is 1. The van der Waals surface area contributed by atoms with Crippen molar-refractivity contribution in [2.24, 2.45) is 0 Å². The van der Waals surface area contributed by atoms with Crippen molar-refractivity contribution in [3.63, 3.8) is 0 Å². The number of aromatic nitrogens is 1. The molecule has 0 bridgehead atoms. The number of carbonyl (C=O) groups is 1. The predicted molar refractivity (Wildman–Crippen MR) is 106 cm³/mol. The van der Waals surface area contributed by atoms with Crippen LogP contribution >= 0.6 is 22.9 Å². The molecular formula is C20H14ClN3OS. The molecule has 0 atom stereocenters. The van der Waals surface area contributed by atoms with Gasteiger partial charge >= 0.3 is 0 Å². The summed E-state index contributed by atoms with van der Waals surface area (Å²) in [5.41, 5.74) is 3.11. The fraction of sp³-hybridized carbons (Fsp3) is 0.0500. The first kappa shape index (κ1) is 17.9. The maximum atomic E-state index is 12.4. The molecule has 6 heteroatoms. The molecular weight excluding hydrogens is 366 g/mol. The third-order valence-electron chi connectivity index (χ3n) is 3.66. The van der Waals surface area contributed by atoms with Crippen molar-refractivity contribution in [3.05, 3.63) is 75.8 Å². The van der Waals surface area contributed by atoms with E-state index in [0.717, 1.165) is 16.1 Å². The second-order valence-electron chi connectivity index (χ2n) is 5.52. The van der Waals surface area contributed by atoms with Crippen LogP contribution < -0.4 is 5.32 Å². The van der Waals surface area contributed by atoms with Gasteiger partial charge in [0.1, 0.15) is 16.6 Å². The van der Waals surface area contributed by atoms with Crippen molar-refractivity contribution in [1.82, 2.24) is 4.98 Å². The molecule has 0 unspecified atom stereocenters. The van der Waals surface area contributed by atoms with Crippen LogP contribution in [-0.4, -0.2) is 10.9 Å². The summed E-state index contributed by atoms with van der Waals surface area (Å²) in [6.45, 7) is 1.89. The van der Waals surface area contributed by atoms with Crippen LogP contribution in [0.25, 0.3) is 16.6 Å². The number of carbonyl (C=O) groups excluding carboxylic acids is 1. The van der Waals surface area contributed by atoms with Crippen molar-refractivity contribution >= 4 is 40.6 Å². The van der Waals surface area contributed by atoms with Crippen LogP contribution in [0.5, 0.6) is 0 Å². The van der Waals surface area contributed by atoms with E-state index in [1.54, 1.807) is 18.2 Å². The zero-order valence-corrected chi connectivity index (χ0v) is 15.4. The van der Waals surface area contributed by atoms with Gasteiger partial charge in [0, 0.05) is 21.7 Å². The summed E-state index contributed by atoms with van der Waals surface area (Å²) in [5.74, 6) is -0.456. The number of rotatable bonds is 4. The van der Waals surface area contributed by atoms with E-state index >= 15 is 0 Å². The number of benzene rings is 2. The quantitative estimate of drug-likeness (QED) is 0.493. The van der Waals surface area contributed by atoms with Gasteiger partial charge < -0.3 is 5.32 Å². The average Bonchev–Trinajstić information content (AvgIpc) is 3.10. The zero-order chi connectivity index (χ0) is 18.5. The van der Waals surface area contributed by atoms with Gasteiger partial charge in [-0.3, -0.25) is 4.79 Å². The summed E-state index contributed by atoms with van der Waals surface area (Å²) in [7, 11) is 0. The molecule has 0 fully saturated rings. The van der Waals surface area contributed by atoms with Crippen molar-refractivity contribution in [3.8, 4) is 16.6 Å². The number of hydrogen-bond donors (Lipinski definition) is 1. The van der Waals surface area contributed by atoms with Gasteiger partial charge in [-0.1, -0.05) is 41.9 Å². The summed E-state index contributed by atoms with van der Waals surface area (Å²) in [6.07, 6.45) is 1.49. The van der Waals surface area contributed by atoms with Crippen LogP contribution in [0.4, 0.5) is 5.69 Å². The minimum absolute atomic E-state index is 0.00112. The summed E-state index contributed by atoms with van der Waals surface area (Å²) >= 11 is 7.34. The highest BCUT2D eigenvalue weighted by Crippen LogP contribution is 2.26.